The molecule has 0 aliphatic carbocycles. The maximum Gasteiger partial charge on any atom is 0.258 e. The van der Waals surface area contributed by atoms with Crippen LogP contribution in [0.4, 0.5) is 0 Å². The van der Waals surface area contributed by atoms with E-state index in [0.29, 0.717) is 17.8 Å². The number of aliphatic hydroxyl groups is 1. The molecule has 2 aromatic rings. The van der Waals surface area contributed by atoms with E-state index in [1.807, 2.05) is 24.3 Å². The Morgan fingerprint density at radius 1 is 1.26 bits per heavy atom. The summed E-state index contributed by atoms with van der Waals surface area (Å²) in [6.45, 7) is 0.365. The first kappa shape index (κ1) is 12.3. The van der Waals surface area contributed by atoms with E-state index < -0.39 is 6.23 Å². The van der Waals surface area contributed by atoms with Crippen molar-refractivity contribution in [2.24, 2.45) is 0 Å². The molecule has 1 atom stereocenters. The number of benzene rings is 1. The van der Waals surface area contributed by atoms with E-state index in [4.69, 9.17) is 0 Å². The zero-order valence-electron chi connectivity index (χ0n) is 9.95. The van der Waals surface area contributed by atoms with E-state index >= 15 is 0 Å². The van der Waals surface area contributed by atoms with Crippen molar-refractivity contribution >= 4 is 21.8 Å². The molecule has 4 nitrogen and oxygen atoms in total. The maximum absolute atomic E-state index is 12.2. The number of nitrogens with zero attached hydrogens (tertiary/aromatic N) is 2. The Bertz CT molecular complexity index is 628. The minimum absolute atomic E-state index is 0.182. The lowest BCUT2D eigenvalue weighted by Crippen LogP contribution is -2.27. The third-order valence-electron chi connectivity index (χ3n) is 3.14. The fourth-order valence-corrected chi connectivity index (χ4v) is 2.43. The molecule has 0 bridgehead atoms. The van der Waals surface area contributed by atoms with Crippen molar-refractivity contribution in [3.05, 3.63) is 63.9 Å². The van der Waals surface area contributed by atoms with Gasteiger partial charge in [0.05, 0.1) is 5.56 Å². The Morgan fingerprint density at radius 2 is 2.00 bits per heavy atom. The van der Waals surface area contributed by atoms with Gasteiger partial charge in [-0.25, -0.2) is 0 Å². The topological polar surface area (TPSA) is 53.4 Å². The van der Waals surface area contributed by atoms with Gasteiger partial charge in [0.2, 0.25) is 0 Å². The molecule has 2 heterocycles. The van der Waals surface area contributed by atoms with Gasteiger partial charge in [-0.15, -0.1) is 0 Å². The molecule has 0 saturated carbocycles. The summed E-state index contributed by atoms with van der Waals surface area (Å²) >= 11 is 3.37. The molecule has 0 saturated heterocycles. The zero-order chi connectivity index (χ0) is 13.4. The number of fused-ring (bicyclic) bond motifs is 1. The monoisotopic (exact) mass is 318 g/mol. The Kier molecular flexibility index (Phi) is 3.08. The van der Waals surface area contributed by atoms with E-state index in [1.54, 1.807) is 18.3 Å². The third kappa shape index (κ3) is 2.15. The molecule has 1 amide bonds. The second-order valence-electron chi connectivity index (χ2n) is 4.37. The van der Waals surface area contributed by atoms with Crippen LogP contribution in [0.3, 0.4) is 0 Å². The van der Waals surface area contributed by atoms with Crippen molar-refractivity contribution in [2.45, 2.75) is 12.8 Å². The van der Waals surface area contributed by atoms with E-state index in [-0.39, 0.29) is 5.91 Å². The van der Waals surface area contributed by atoms with Gasteiger partial charge in [-0.1, -0.05) is 28.1 Å². The molecule has 19 heavy (non-hydrogen) atoms. The molecule has 0 spiro atoms. The number of carbonyl (C=O) groups excluding carboxylic acids is 1. The van der Waals surface area contributed by atoms with Crippen molar-refractivity contribution in [1.29, 1.82) is 0 Å². The number of amides is 1. The van der Waals surface area contributed by atoms with Gasteiger partial charge in [-0.3, -0.25) is 9.78 Å². The molecule has 1 aliphatic rings. The van der Waals surface area contributed by atoms with E-state index in [2.05, 4.69) is 20.9 Å². The van der Waals surface area contributed by atoms with Crippen LogP contribution >= 0.6 is 15.9 Å². The summed E-state index contributed by atoms with van der Waals surface area (Å²) in [6, 6.07) is 11.0. The minimum Gasteiger partial charge on any atom is -0.368 e. The second kappa shape index (κ2) is 4.75. The quantitative estimate of drug-likeness (QED) is 0.925. The first-order valence-electron chi connectivity index (χ1n) is 5.85. The predicted octanol–water partition coefficient (Wildman–Crippen LogP) is 2.49. The third-order valence-corrected chi connectivity index (χ3v) is 3.66. The average molecular weight is 319 g/mol. The van der Waals surface area contributed by atoms with Crippen molar-refractivity contribution in [2.75, 3.05) is 0 Å². The van der Waals surface area contributed by atoms with Crippen LogP contribution in [0.15, 0.2) is 47.1 Å². The molecule has 96 valence electrons. The molecule has 0 fully saturated rings. The van der Waals surface area contributed by atoms with Gasteiger partial charge in [0, 0.05) is 17.2 Å². The van der Waals surface area contributed by atoms with Gasteiger partial charge in [0.15, 0.2) is 6.23 Å². The van der Waals surface area contributed by atoms with Crippen LogP contribution in [0.5, 0.6) is 0 Å². The molecular weight excluding hydrogens is 308 g/mol. The minimum atomic E-state index is -0.965. The highest BCUT2D eigenvalue weighted by Crippen LogP contribution is 2.31. The van der Waals surface area contributed by atoms with Crippen molar-refractivity contribution < 1.29 is 9.90 Å². The first-order chi connectivity index (χ1) is 9.16. The standard InChI is InChI=1S/C14H11BrN2O2/c15-10-5-3-9(4-6-10)8-17-13(18)11-2-1-7-16-12(11)14(17)19/h1-7,14,19H,8H2. The molecule has 1 unspecified atom stereocenters. The predicted molar refractivity (Wildman–Crippen MR) is 73.2 cm³/mol. The fourth-order valence-electron chi connectivity index (χ4n) is 2.16. The van der Waals surface area contributed by atoms with Gasteiger partial charge < -0.3 is 10.0 Å². The van der Waals surface area contributed by atoms with Gasteiger partial charge in [0.25, 0.3) is 5.91 Å². The number of pyridine rings is 1. The number of aromatic nitrogens is 1. The largest absolute Gasteiger partial charge is 0.368 e. The van der Waals surface area contributed by atoms with Crippen LogP contribution in [0, 0.1) is 0 Å². The number of rotatable bonds is 2. The van der Waals surface area contributed by atoms with Crippen LogP contribution in [-0.2, 0) is 6.54 Å². The lowest BCUT2D eigenvalue weighted by Gasteiger charge is -2.20. The molecule has 5 heteroatoms. The Morgan fingerprint density at radius 3 is 2.68 bits per heavy atom. The summed E-state index contributed by atoms with van der Waals surface area (Å²) in [5, 5.41) is 10.2. The highest BCUT2D eigenvalue weighted by Gasteiger charge is 2.36. The highest BCUT2D eigenvalue weighted by molar-refractivity contribution is 9.10. The molecule has 1 aromatic heterocycles. The van der Waals surface area contributed by atoms with E-state index in [0.717, 1.165) is 10.0 Å². The Hall–Kier alpha value is -1.72. The normalized spacial score (nSPS) is 17.7. The van der Waals surface area contributed by atoms with Crippen LogP contribution in [0.2, 0.25) is 0 Å². The molecule has 1 aliphatic heterocycles. The summed E-state index contributed by atoms with van der Waals surface area (Å²) in [5.74, 6) is -0.182. The molecule has 0 radical (unpaired) electrons. The summed E-state index contributed by atoms with van der Waals surface area (Å²) in [5.41, 5.74) is 1.88. The molecular formula is C14H11BrN2O2. The Labute approximate surface area is 118 Å². The Balaban J connectivity index is 1.88. The van der Waals surface area contributed by atoms with Gasteiger partial charge in [-0.05, 0) is 29.8 Å². The lowest BCUT2D eigenvalue weighted by molar-refractivity contribution is 0.0120. The van der Waals surface area contributed by atoms with Crippen molar-refractivity contribution in [3.8, 4) is 0 Å². The van der Waals surface area contributed by atoms with Crippen LogP contribution in [0.1, 0.15) is 27.8 Å². The number of aliphatic hydroxyl groups excluding tert-OH is 1. The van der Waals surface area contributed by atoms with Gasteiger partial charge >= 0.3 is 0 Å². The summed E-state index contributed by atoms with van der Waals surface area (Å²) in [4.78, 5) is 17.7. The number of carbonyl (C=O) groups is 1. The zero-order valence-corrected chi connectivity index (χ0v) is 11.5. The van der Waals surface area contributed by atoms with Gasteiger partial charge in [0.1, 0.15) is 5.69 Å². The summed E-state index contributed by atoms with van der Waals surface area (Å²) < 4.78 is 0.981. The van der Waals surface area contributed by atoms with E-state index in [1.165, 1.54) is 4.90 Å². The second-order valence-corrected chi connectivity index (χ2v) is 5.29. The smallest absolute Gasteiger partial charge is 0.258 e. The number of halogens is 1. The van der Waals surface area contributed by atoms with Crippen molar-refractivity contribution in [1.82, 2.24) is 9.88 Å². The van der Waals surface area contributed by atoms with E-state index in [9.17, 15) is 9.90 Å². The van der Waals surface area contributed by atoms with Crippen LogP contribution in [0.25, 0.3) is 0 Å². The lowest BCUT2D eigenvalue weighted by atomic mass is 10.2. The first-order valence-corrected chi connectivity index (χ1v) is 6.64. The summed E-state index contributed by atoms with van der Waals surface area (Å²) in [7, 11) is 0. The molecule has 3 rings (SSSR count). The number of hydrogen-bond donors (Lipinski definition) is 1. The SMILES string of the molecule is O=C1c2cccnc2C(O)N1Cc1ccc(Br)cc1. The molecule has 1 N–H and O–H groups in total. The number of hydrogen-bond acceptors (Lipinski definition) is 3. The molecule has 1 aromatic carbocycles. The maximum atomic E-state index is 12.2. The van der Waals surface area contributed by atoms with Crippen LogP contribution in [-0.4, -0.2) is 20.9 Å². The summed E-state index contributed by atoms with van der Waals surface area (Å²) in [6.07, 6.45) is 0.616. The average Bonchev–Trinajstić information content (AvgIpc) is 2.67. The highest BCUT2D eigenvalue weighted by atomic mass is 79.9. The fraction of sp³-hybridized carbons (Fsp3) is 0.143. The van der Waals surface area contributed by atoms with Gasteiger partial charge in [-0.2, -0.15) is 0 Å². The van der Waals surface area contributed by atoms with Crippen LogP contribution < -0.4 is 0 Å². The van der Waals surface area contributed by atoms with Crippen molar-refractivity contribution in [3.63, 3.8) is 0 Å².